The van der Waals surface area contributed by atoms with E-state index in [-0.39, 0.29) is 12.4 Å². The number of amidine groups is 1. The van der Waals surface area contributed by atoms with Crippen molar-refractivity contribution in [2.45, 2.75) is 6.42 Å². The molecule has 5 heteroatoms. The molecule has 0 saturated heterocycles. The smallest absolute Gasteiger partial charge is 0.130 e. The van der Waals surface area contributed by atoms with Gasteiger partial charge in [0.05, 0.1) is 5.02 Å². The van der Waals surface area contributed by atoms with Gasteiger partial charge >= 0.3 is 0 Å². The quantitative estimate of drug-likeness (QED) is 0.585. The van der Waals surface area contributed by atoms with Gasteiger partial charge in [0.1, 0.15) is 17.3 Å². The van der Waals surface area contributed by atoms with E-state index in [1.54, 1.807) is 18.2 Å². The molecule has 0 unspecified atom stereocenters. The minimum Gasteiger partial charge on any atom is -0.457 e. The number of aliphatic hydroxyl groups is 1. The lowest BCUT2D eigenvalue weighted by Crippen LogP contribution is -2.11. The molecule has 104 valence electrons. The van der Waals surface area contributed by atoms with Crippen LogP contribution >= 0.6 is 11.6 Å². The van der Waals surface area contributed by atoms with Crippen molar-refractivity contribution in [3.8, 4) is 11.5 Å². The Morgan fingerprint density at radius 2 is 2.00 bits per heavy atom. The summed E-state index contributed by atoms with van der Waals surface area (Å²) in [4.78, 5) is 0. The third kappa shape index (κ3) is 3.29. The number of nitrogens with one attached hydrogen (secondary N) is 1. The topological polar surface area (TPSA) is 79.3 Å². The number of rotatable bonds is 5. The molecule has 0 radical (unpaired) electrons. The van der Waals surface area contributed by atoms with Crippen molar-refractivity contribution in [2.75, 3.05) is 6.61 Å². The van der Waals surface area contributed by atoms with E-state index in [1.165, 1.54) is 0 Å². The van der Waals surface area contributed by atoms with Crippen LogP contribution in [0.3, 0.4) is 0 Å². The molecule has 2 rings (SSSR count). The molecule has 4 N–H and O–H groups in total. The lowest BCUT2D eigenvalue weighted by molar-refractivity contribution is 0.298. The van der Waals surface area contributed by atoms with Crippen LogP contribution in [0.5, 0.6) is 11.5 Å². The van der Waals surface area contributed by atoms with Gasteiger partial charge in [-0.05, 0) is 30.2 Å². The zero-order valence-corrected chi connectivity index (χ0v) is 11.5. The van der Waals surface area contributed by atoms with Gasteiger partial charge in [0.2, 0.25) is 0 Å². The lowest BCUT2D eigenvalue weighted by Gasteiger charge is -2.11. The van der Waals surface area contributed by atoms with Gasteiger partial charge in [0.15, 0.2) is 0 Å². The van der Waals surface area contributed by atoms with E-state index in [2.05, 4.69) is 0 Å². The van der Waals surface area contributed by atoms with E-state index in [9.17, 15) is 0 Å². The fourth-order valence-corrected chi connectivity index (χ4v) is 2.11. The highest BCUT2D eigenvalue weighted by atomic mass is 35.5. The first kappa shape index (κ1) is 14.4. The Balaban J connectivity index is 2.26. The number of hydrogen-bond acceptors (Lipinski definition) is 3. The molecular weight excluding hydrogens is 276 g/mol. The molecule has 0 fully saturated rings. The Kier molecular flexibility index (Phi) is 4.61. The van der Waals surface area contributed by atoms with Crippen molar-refractivity contribution in [3.63, 3.8) is 0 Å². The van der Waals surface area contributed by atoms with Crippen LogP contribution in [0.4, 0.5) is 0 Å². The number of para-hydroxylation sites is 1. The van der Waals surface area contributed by atoms with Crippen LogP contribution in [0.25, 0.3) is 0 Å². The maximum Gasteiger partial charge on any atom is 0.130 e. The molecule has 2 aromatic rings. The maximum absolute atomic E-state index is 9.04. The molecule has 4 nitrogen and oxygen atoms in total. The van der Waals surface area contributed by atoms with Crippen LogP contribution in [0, 0.1) is 5.41 Å². The van der Waals surface area contributed by atoms with E-state index in [0.717, 1.165) is 5.56 Å². The van der Waals surface area contributed by atoms with Crippen molar-refractivity contribution in [1.29, 1.82) is 5.41 Å². The summed E-state index contributed by atoms with van der Waals surface area (Å²) in [5, 5.41) is 16.8. The number of hydrogen-bond donors (Lipinski definition) is 3. The van der Waals surface area contributed by atoms with Gasteiger partial charge in [-0.25, -0.2) is 0 Å². The summed E-state index contributed by atoms with van der Waals surface area (Å²) in [5.74, 6) is 1.15. The average molecular weight is 291 g/mol. The van der Waals surface area contributed by atoms with E-state index >= 15 is 0 Å². The zero-order valence-electron chi connectivity index (χ0n) is 10.8. The molecule has 0 aliphatic heterocycles. The zero-order chi connectivity index (χ0) is 14.5. The number of halogens is 1. The Morgan fingerprint density at radius 1 is 1.25 bits per heavy atom. The molecular formula is C15H15ClN2O2. The first-order valence-electron chi connectivity index (χ1n) is 6.12. The highest BCUT2D eigenvalue weighted by Gasteiger charge is 2.08. The monoisotopic (exact) mass is 290 g/mol. The summed E-state index contributed by atoms with van der Waals surface area (Å²) < 4.78 is 5.77. The summed E-state index contributed by atoms with van der Waals surface area (Å²) in [6.45, 7) is 0.0599. The van der Waals surface area contributed by atoms with E-state index < -0.39 is 0 Å². The highest BCUT2D eigenvalue weighted by Crippen LogP contribution is 2.29. The number of nitrogen functional groups attached to an aromatic ring is 1. The number of benzene rings is 2. The van der Waals surface area contributed by atoms with Crippen LogP contribution in [0.2, 0.25) is 5.02 Å². The lowest BCUT2D eigenvalue weighted by atomic mass is 10.1. The largest absolute Gasteiger partial charge is 0.457 e. The first-order chi connectivity index (χ1) is 9.61. The van der Waals surface area contributed by atoms with Crippen molar-refractivity contribution in [3.05, 3.63) is 58.6 Å². The van der Waals surface area contributed by atoms with Gasteiger partial charge in [-0.15, -0.1) is 0 Å². The van der Waals surface area contributed by atoms with Crippen molar-refractivity contribution in [1.82, 2.24) is 0 Å². The number of ether oxygens (including phenoxy) is 1. The van der Waals surface area contributed by atoms with Crippen LogP contribution < -0.4 is 10.5 Å². The van der Waals surface area contributed by atoms with Crippen LogP contribution in [-0.4, -0.2) is 17.5 Å². The van der Waals surface area contributed by atoms with E-state index in [4.69, 9.17) is 32.6 Å². The molecule has 0 bridgehead atoms. The van der Waals surface area contributed by atoms with Gasteiger partial charge in [0, 0.05) is 18.2 Å². The van der Waals surface area contributed by atoms with Crippen LogP contribution in [0.15, 0.2) is 42.5 Å². The predicted octanol–water partition coefficient (Wildman–Crippen LogP) is 2.95. The summed E-state index contributed by atoms with van der Waals surface area (Å²) in [5.41, 5.74) is 6.80. The Bertz CT molecular complexity index is 629. The Hall–Kier alpha value is -2.04. The molecule has 0 spiro atoms. The highest BCUT2D eigenvalue weighted by molar-refractivity contribution is 6.34. The number of nitrogens with two attached hydrogens (primary N) is 1. The van der Waals surface area contributed by atoms with Crippen molar-refractivity contribution >= 4 is 17.4 Å². The van der Waals surface area contributed by atoms with Crippen molar-refractivity contribution in [2.24, 2.45) is 5.73 Å². The van der Waals surface area contributed by atoms with Crippen molar-refractivity contribution < 1.29 is 9.84 Å². The second-order valence-electron chi connectivity index (χ2n) is 4.24. The summed E-state index contributed by atoms with van der Waals surface area (Å²) in [6.07, 6.45) is 0.523. The van der Waals surface area contributed by atoms with Gasteiger partial charge in [-0.3, -0.25) is 5.41 Å². The molecule has 2 aromatic carbocycles. The van der Waals surface area contributed by atoms with Gasteiger partial charge < -0.3 is 15.6 Å². The predicted molar refractivity (Wildman–Crippen MR) is 79.8 cm³/mol. The summed E-state index contributed by atoms with van der Waals surface area (Å²) in [7, 11) is 0. The molecule has 0 aromatic heterocycles. The van der Waals surface area contributed by atoms with Gasteiger partial charge in [-0.2, -0.15) is 0 Å². The molecule has 0 heterocycles. The normalized spacial score (nSPS) is 10.3. The van der Waals surface area contributed by atoms with E-state index in [1.807, 2.05) is 24.3 Å². The van der Waals surface area contributed by atoms with Crippen LogP contribution in [-0.2, 0) is 6.42 Å². The molecule has 0 saturated carbocycles. The second-order valence-corrected chi connectivity index (χ2v) is 4.65. The fourth-order valence-electron chi connectivity index (χ4n) is 1.84. The fraction of sp³-hybridized carbons (Fsp3) is 0.133. The van der Waals surface area contributed by atoms with Gasteiger partial charge in [-0.1, -0.05) is 29.8 Å². The van der Waals surface area contributed by atoms with Crippen LogP contribution in [0.1, 0.15) is 11.1 Å². The minimum absolute atomic E-state index is 0.0599. The minimum atomic E-state index is -0.0813. The molecule has 0 aliphatic carbocycles. The second kappa shape index (κ2) is 6.41. The maximum atomic E-state index is 9.04. The molecule has 20 heavy (non-hydrogen) atoms. The average Bonchev–Trinajstić information content (AvgIpc) is 2.41. The SMILES string of the molecule is N=C(N)c1ccc(Oc2ccccc2CCO)cc1Cl. The van der Waals surface area contributed by atoms with E-state index in [0.29, 0.717) is 28.5 Å². The summed E-state index contributed by atoms with van der Waals surface area (Å²) >= 11 is 6.05. The third-order valence-electron chi connectivity index (χ3n) is 2.81. The summed E-state index contributed by atoms with van der Waals surface area (Å²) in [6, 6.07) is 12.5. The number of aliphatic hydroxyl groups excluding tert-OH is 1. The molecule has 0 aliphatic rings. The molecule has 0 atom stereocenters. The Morgan fingerprint density at radius 3 is 2.65 bits per heavy atom. The molecule has 0 amide bonds. The first-order valence-corrected chi connectivity index (χ1v) is 6.50. The third-order valence-corrected chi connectivity index (χ3v) is 3.12. The van der Waals surface area contributed by atoms with Gasteiger partial charge in [0.25, 0.3) is 0 Å². The standard InChI is InChI=1S/C15H15ClN2O2/c16-13-9-11(5-6-12(13)15(17)18)20-14-4-2-1-3-10(14)7-8-19/h1-6,9,19H,7-8H2,(H3,17,18). The Labute approximate surface area is 122 Å².